The van der Waals surface area contributed by atoms with Crippen LogP contribution in [-0.4, -0.2) is 85.2 Å². The van der Waals surface area contributed by atoms with Gasteiger partial charge in [-0.15, -0.1) is 0 Å². The topological polar surface area (TPSA) is 115 Å². The lowest BCUT2D eigenvalue weighted by Crippen LogP contribution is -2.52. The van der Waals surface area contributed by atoms with Gasteiger partial charge in [-0.05, 0) is 32.8 Å². The van der Waals surface area contributed by atoms with Crippen LogP contribution in [0.3, 0.4) is 0 Å². The maximum absolute atomic E-state index is 14.3. The molecule has 0 aliphatic carbocycles. The van der Waals surface area contributed by atoms with Crippen molar-refractivity contribution in [1.82, 2.24) is 24.7 Å². The average molecular weight is 525 g/mol. The third kappa shape index (κ3) is 4.99. The highest BCUT2D eigenvalue weighted by Gasteiger charge is 2.40. The number of piperidine rings is 1. The Morgan fingerprint density at radius 1 is 1.16 bits per heavy atom. The number of hydrogen-bond donors (Lipinski definition) is 3. The zero-order valence-corrected chi connectivity index (χ0v) is 20.3. The summed E-state index contributed by atoms with van der Waals surface area (Å²) in [5, 5.41) is 27.7. The molecule has 3 aromatic heterocycles. The standard InChI is InChI=1S/C23H28F4N8O2/c1-13(23(25,26)27)35-16-9-19(29-10-15(16)20(32-35)33-7-4-14(36)11-33)30-18-3-6-28-21(31-18)34-8-5-22(2,37)17(24)12-34/h3,6,9-10,13-14,17,36-37H,4-5,7-8,11-12H2,1-2H3,(H,28,29,30,31)/t13-,14-,17-,22+/m1/s1. The summed E-state index contributed by atoms with van der Waals surface area (Å²) in [6, 6.07) is 1.15. The lowest BCUT2D eigenvalue weighted by molar-refractivity contribution is -0.164. The van der Waals surface area contributed by atoms with Crippen LogP contribution in [0.2, 0.25) is 0 Å². The lowest BCUT2D eigenvalue weighted by atomic mass is 9.92. The molecule has 0 saturated carbocycles. The van der Waals surface area contributed by atoms with Crippen molar-refractivity contribution in [2.75, 3.05) is 41.3 Å². The van der Waals surface area contributed by atoms with Gasteiger partial charge in [-0.2, -0.15) is 23.3 Å². The molecule has 2 fully saturated rings. The molecule has 200 valence electrons. The zero-order valence-electron chi connectivity index (χ0n) is 20.3. The Kier molecular flexibility index (Phi) is 6.34. The fourth-order valence-electron chi connectivity index (χ4n) is 4.57. The fourth-order valence-corrected chi connectivity index (χ4v) is 4.57. The molecule has 0 unspecified atom stereocenters. The molecule has 0 aromatic carbocycles. The van der Waals surface area contributed by atoms with Gasteiger partial charge in [0.05, 0.1) is 29.2 Å². The van der Waals surface area contributed by atoms with E-state index < -0.39 is 30.1 Å². The van der Waals surface area contributed by atoms with Gasteiger partial charge in [0.2, 0.25) is 5.95 Å². The van der Waals surface area contributed by atoms with Crippen LogP contribution in [0.4, 0.5) is 41.0 Å². The van der Waals surface area contributed by atoms with Crippen LogP contribution < -0.4 is 15.1 Å². The van der Waals surface area contributed by atoms with Gasteiger partial charge in [0.1, 0.15) is 23.8 Å². The quantitative estimate of drug-likeness (QED) is 0.434. The molecule has 37 heavy (non-hydrogen) atoms. The van der Waals surface area contributed by atoms with E-state index in [2.05, 4.69) is 25.4 Å². The van der Waals surface area contributed by atoms with Crippen molar-refractivity contribution in [3.05, 3.63) is 24.5 Å². The molecule has 5 heterocycles. The Hall–Kier alpha value is -3.26. The van der Waals surface area contributed by atoms with Gasteiger partial charge in [0.25, 0.3) is 0 Å². The summed E-state index contributed by atoms with van der Waals surface area (Å²) in [6.45, 7) is 3.54. The number of aliphatic hydroxyl groups is 2. The van der Waals surface area contributed by atoms with Gasteiger partial charge in [-0.3, -0.25) is 4.68 Å². The summed E-state index contributed by atoms with van der Waals surface area (Å²) in [6.07, 6.45) is -2.91. The van der Waals surface area contributed by atoms with Crippen molar-refractivity contribution in [2.24, 2.45) is 0 Å². The lowest BCUT2D eigenvalue weighted by Gasteiger charge is -2.38. The molecule has 2 saturated heterocycles. The van der Waals surface area contributed by atoms with Crippen molar-refractivity contribution in [3.63, 3.8) is 0 Å². The van der Waals surface area contributed by atoms with Crippen molar-refractivity contribution in [3.8, 4) is 0 Å². The monoisotopic (exact) mass is 524 g/mol. The number of nitrogens with zero attached hydrogens (tertiary/aromatic N) is 7. The number of hydrogen-bond acceptors (Lipinski definition) is 9. The van der Waals surface area contributed by atoms with E-state index in [0.717, 1.165) is 11.6 Å². The van der Waals surface area contributed by atoms with Crippen molar-refractivity contribution >= 4 is 34.3 Å². The summed E-state index contributed by atoms with van der Waals surface area (Å²) in [5.41, 5.74) is -1.18. The van der Waals surface area contributed by atoms with E-state index in [4.69, 9.17) is 0 Å². The van der Waals surface area contributed by atoms with Crippen LogP contribution in [0, 0.1) is 0 Å². The van der Waals surface area contributed by atoms with Crippen LogP contribution in [0.5, 0.6) is 0 Å². The molecule has 10 nitrogen and oxygen atoms in total. The molecular formula is C23H28F4N8O2. The molecule has 4 atom stereocenters. The van der Waals surface area contributed by atoms with Gasteiger partial charge >= 0.3 is 6.18 Å². The molecule has 0 bridgehead atoms. The average Bonchev–Trinajstić information content (AvgIpc) is 3.43. The molecule has 3 aromatic rings. The number of β-amino-alcohol motifs (C(OH)–C–C–N with tert-alkyl or cyclic N) is 1. The Labute approximate surface area is 209 Å². The predicted molar refractivity (Wildman–Crippen MR) is 129 cm³/mol. The first-order chi connectivity index (χ1) is 17.4. The van der Waals surface area contributed by atoms with Crippen LogP contribution in [0.1, 0.15) is 32.7 Å². The number of aromatic nitrogens is 5. The Morgan fingerprint density at radius 3 is 2.62 bits per heavy atom. The Morgan fingerprint density at radius 2 is 1.95 bits per heavy atom. The highest BCUT2D eigenvalue weighted by Crippen LogP contribution is 2.37. The molecular weight excluding hydrogens is 496 g/mol. The first kappa shape index (κ1) is 25.4. The van der Waals surface area contributed by atoms with E-state index in [0.29, 0.717) is 36.5 Å². The van der Waals surface area contributed by atoms with E-state index in [-0.39, 0.29) is 36.8 Å². The number of nitrogens with one attached hydrogen (secondary N) is 1. The largest absolute Gasteiger partial charge is 0.410 e. The van der Waals surface area contributed by atoms with E-state index in [9.17, 15) is 27.8 Å². The second-order valence-electron chi connectivity index (χ2n) is 9.85. The third-order valence-electron chi connectivity index (χ3n) is 7.00. The minimum absolute atomic E-state index is 0.0663. The molecule has 0 radical (unpaired) electrons. The summed E-state index contributed by atoms with van der Waals surface area (Å²) in [7, 11) is 0. The molecule has 2 aliphatic rings. The highest BCUT2D eigenvalue weighted by atomic mass is 19.4. The smallest absolute Gasteiger partial charge is 0.391 e. The van der Waals surface area contributed by atoms with Crippen LogP contribution >= 0.6 is 0 Å². The first-order valence-electron chi connectivity index (χ1n) is 12.0. The SMILES string of the molecule is C[C@@H](n1nc(N2CC[C@@H](O)C2)c2cnc(Nc3ccnc(N4CC[C@](C)(O)[C@H](F)C4)n3)cc21)C(F)(F)F. The number of fused-ring (bicyclic) bond motifs is 1. The maximum atomic E-state index is 14.3. The number of halogens is 4. The van der Waals surface area contributed by atoms with E-state index >= 15 is 0 Å². The molecule has 5 rings (SSSR count). The van der Waals surface area contributed by atoms with E-state index in [1.54, 1.807) is 15.9 Å². The van der Waals surface area contributed by atoms with Gasteiger partial charge in [0, 0.05) is 38.1 Å². The minimum Gasteiger partial charge on any atom is -0.391 e. The first-order valence-corrected chi connectivity index (χ1v) is 12.0. The molecule has 3 N–H and O–H groups in total. The molecule has 0 amide bonds. The third-order valence-corrected chi connectivity index (χ3v) is 7.00. The molecule has 2 aliphatic heterocycles. The second-order valence-corrected chi connectivity index (χ2v) is 9.85. The number of rotatable bonds is 5. The Bertz CT molecular complexity index is 1280. The summed E-state index contributed by atoms with van der Waals surface area (Å²) in [5.74, 6) is 1.16. The Balaban J connectivity index is 1.45. The van der Waals surface area contributed by atoms with E-state index in [1.165, 1.54) is 25.4 Å². The summed E-state index contributed by atoms with van der Waals surface area (Å²) < 4.78 is 56.2. The van der Waals surface area contributed by atoms with Gasteiger partial charge in [-0.25, -0.2) is 14.4 Å². The number of alkyl halides is 4. The maximum Gasteiger partial charge on any atom is 0.410 e. The van der Waals surface area contributed by atoms with Crippen LogP contribution in [0.15, 0.2) is 24.5 Å². The second kappa shape index (κ2) is 9.24. The van der Waals surface area contributed by atoms with E-state index in [1.807, 2.05) is 0 Å². The minimum atomic E-state index is -4.52. The number of pyridine rings is 1. The molecule has 0 spiro atoms. The number of aliphatic hydroxyl groups excluding tert-OH is 1. The van der Waals surface area contributed by atoms with Crippen molar-refractivity contribution in [2.45, 2.75) is 56.8 Å². The summed E-state index contributed by atoms with van der Waals surface area (Å²) in [4.78, 5) is 16.3. The summed E-state index contributed by atoms with van der Waals surface area (Å²) >= 11 is 0. The number of anilines is 4. The molecule has 14 heteroatoms. The van der Waals surface area contributed by atoms with Gasteiger partial charge in [0.15, 0.2) is 5.82 Å². The van der Waals surface area contributed by atoms with Crippen molar-refractivity contribution in [1.29, 1.82) is 0 Å². The van der Waals surface area contributed by atoms with Crippen LogP contribution in [0.25, 0.3) is 10.9 Å². The van der Waals surface area contributed by atoms with Crippen LogP contribution in [-0.2, 0) is 0 Å². The van der Waals surface area contributed by atoms with Gasteiger partial charge in [-0.1, -0.05) is 0 Å². The van der Waals surface area contributed by atoms with Crippen molar-refractivity contribution < 1.29 is 27.8 Å². The normalized spacial score (nSPS) is 25.6. The zero-order chi connectivity index (χ0) is 26.5. The van der Waals surface area contributed by atoms with Gasteiger partial charge < -0.3 is 25.3 Å². The predicted octanol–water partition coefficient (Wildman–Crippen LogP) is 2.96. The fraction of sp³-hybridized carbons (Fsp3) is 0.565. The highest BCUT2D eigenvalue weighted by molar-refractivity contribution is 5.92.